The normalized spacial score (nSPS) is 10.9. The Morgan fingerprint density at radius 2 is 2.26 bits per heavy atom. The number of amides is 1. The Hall–Kier alpha value is -1.93. The van der Waals surface area contributed by atoms with Gasteiger partial charge in [-0.2, -0.15) is 9.61 Å². The second-order valence-corrected chi connectivity index (χ2v) is 5.64. The molecule has 0 spiro atoms. The van der Waals surface area contributed by atoms with Crippen LogP contribution >= 0.6 is 23.1 Å². The van der Waals surface area contributed by atoms with Crippen LogP contribution in [0.4, 0.5) is 0 Å². The molecule has 0 atom stereocenters. The lowest BCUT2D eigenvalue weighted by Gasteiger charge is -2.00. The van der Waals surface area contributed by atoms with E-state index in [1.165, 1.54) is 11.8 Å². The number of carbonyl (C=O) groups is 1. The van der Waals surface area contributed by atoms with Gasteiger partial charge in [-0.3, -0.25) is 4.79 Å². The number of thioether (sulfide) groups is 1. The molecule has 0 aliphatic carbocycles. The van der Waals surface area contributed by atoms with Crippen LogP contribution in [0.15, 0.2) is 34.7 Å². The molecule has 0 bridgehead atoms. The lowest BCUT2D eigenvalue weighted by atomic mass is 10.4. The van der Waals surface area contributed by atoms with Crippen LogP contribution in [0.3, 0.4) is 0 Å². The van der Waals surface area contributed by atoms with Gasteiger partial charge in [0, 0.05) is 0 Å². The van der Waals surface area contributed by atoms with Crippen molar-refractivity contribution in [1.82, 2.24) is 19.8 Å². The number of hydrogen-bond acceptors (Lipinski definition) is 6. The summed E-state index contributed by atoms with van der Waals surface area (Å²) in [6.07, 6.45) is 0. The molecule has 2 N–H and O–H groups in total. The molecule has 19 heavy (non-hydrogen) atoms. The first kappa shape index (κ1) is 12.1. The average Bonchev–Trinajstić information content (AvgIpc) is 3.04. The third-order valence-corrected chi connectivity index (χ3v) is 4.15. The number of carbonyl (C=O) groups excluding carboxylic acids is 1. The van der Waals surface area contributed by atoms with E-state index in [-0.39, 0.29) is 11.7 Å². The average molecular weight is 291 g/mol. The van der Waals surface area contributed by atoms with Gasteiger partial charge in [-0.25, -0.2) is 0 Å². The summed E-state index contributed by atoms with van der Waals surface area (Å²) in [7, 11) is 0. The number of nitrogens with two attached hydrogens (primary N) is 1. The van der Waals surface area contributed by atoms with E-state index in [4.69, 9.17) is 5.73 Å². The second-order valence-electron chi connectivity index (χ2n) is 3.70. The van der Waals surface area contributed by atoms with Crippen molar-refractivity contribution in [1.29, 1.82) is 0 Å². The summed E-state index contributed by atoms with van der Waals surface area (Å²) in [5.41, 5.74) is 5.80. The first-order chi connectivity index (χ1) is 9.24. The Labute approximate surface area is 116 Å². The molecule has 3 heterocycles. The molecule has 0 radical (unpaired) electrons. The maximum Gasteiger partial charge on any atom is 0.227 e. The smallest absolute Gasteiger partial charge is 0.227 e. The van der Waals surface area contributed by atoms with Gasteiger partial charge in [-0.05, 0) is 23.6 Å². The van der Waals surface area contributed by atoms with Crippen molar-refractivity contribution in [3.63, 3.8) is 0 Å². The predicted molar refractivity (Wildman–Crippen MR) is 74.0 cm³/mol. The molecule has 1 amide bonds. The summed E-state index contributed by atoms with van der Waals surface area (Å²) in [6, 6.07) is 7.54. The van der Waals surface area contributed by atoms with E-state index in [2.05, 4.69) is 15.3 Å². The number of nitrogens with zero attached hydrogens (tertiary/aromatic N) is 4. The minimum atomic E-state index is -0.367. The standard InChI is InChI=1S/C11H9N5OS2/c12-8(17)6-19-10-4-3-9-13-14-11(16(9)15-10)7-2-1-5-18-7/h1-5H,6H2,(H2,12,17). The summed E-state index contributed by atoms with van der Waals surface area (Å²) >= 11 is 2.87. The van der Waals surface area contributed by atoms with Crippen LogP contribution < -0.4 is 5.73 Å². The second kappa shape index (κ2) is 4.98. The Balaban J connectivity index is 2.01. The molecule has 0 fully saturated rings. The quantitative estimate of drug-likeness (QED) is 0.735. The fourth-order valence-corrected chi connectivity index (χ4v) is 2.84. The minimum absolute atomic E-state index is 0.203. The highest BCUT2D eigenvalue weighted by molar-refractivity contribution is 7.99. The topological polar surface area (TPSA) is 86.2 Å². The summed E-state index contributed by atoms with van der Waals surface area (Å²) < 4.78 is 1.68. The summed E-state index contributed by atoms with van der Waals surface area (Å²) in [6.45, 7) is 0. The van der Waals surface area contributed by atoms with E-state index in [1.54, 1.807) is 21.9 Å². The van der Waals surface area contributed by atoms with Crippen molar-refractivity contribution in [2.24, 2.45) is 5.73 Å². The van der Waals surface area contributed by atoms with Crippen molar-refractivity contribution in [3.05, 3.63) is 29.6 Å². The number of primary amides is 1. The lowest BCUT2D eigenvalue weighted by Crippen LogP contribution is -2.13. The van der Waals surface area contributed by atoms with Gasteiger partial charge in [-0.1, -0.05) is 17.8 Å². The highest BCUT2D eigenvalue weighted by Gasteiger charge is 2.11. The third-order valence-electron chi connectivity index (χ3n) is 2.34. The van der Waals surface area contributed by atoms with Gasteiger partial charge < -0.3 is 5.73 Å². The number of thiophene rings is 1. The molecule has 0 aliphatic heterocycles. The number of rotatable bonds is 4. The fraction of sp³-hybridized carbons (Fsp3) is 0.0909. The molecule has 0 aromatic carbocycles. The molecule has 96 valence electrons. The third kappa shape index (κ3) is 2.45. The largest absolute Gasteiger partial charge is 0.369 e. The predicted octanol–water partition coefficient (Wildman–Crippen LogP) is 1.43. The molecule has 0 aliphatic rings. The van der Waals surface area contributed by atoms with Gasteiger partial charge in [0.05, 0.1) is 10.6 Å². The Kier molecular flexibility index (Phi) is 3.18. The molecule has 3 aromatic rings. The Morgan fingerprint density at radius 1 is 1.37 bits per heavy atom. The number of aromatic nitrogens is 4. The van der Waals surface area contributed by atoms with Gasteiger partial charge in [0.2, 0.25) is 5.91 Å². The molecule has 8 heteroatoms. The van der Waals surface area contributed by atoms with Crippen molar-refractivity contribution >= 4 is 34.7 Å². The van der Waals surface area contributed by atoms with E-state index in [9.17, 15) is 4.79 Å². The number of hydrogen-bond donors (Lipinski definition) is 1. The van der Waals surface area contributed by atoms with E-state index >= 15 is 0 Å². The van der Waals surface area contributed by atoms with Crippen LogP contribution in [0.2, 0.25) is 0 Å². The summed E-state index contributed by atoms with van der Waals surface area (Å²) in [4.78, 5) is 11.8. The van der Waals surface area contributed by atoms with Gasteiger partial charge in [-0.15, -0.1) is 21.5 Å². The summed E-state index contributed by atoms with van der Waals surface area (Å²) in [5.74, 6) is 0.537. The van der Waals surface area contributed by atoms with Crippen LogP contribution in [0, 0.1) is 0 Å². The maximum absolute atomic E-state index is 10.8. The van der Waals surface area contributed by atoms with Crippen molar-refractivity contribution in [3.8, 4) is 10.7 Å². The zero-order valence-corrected chi connectivity index (χ0v) is 11.3. The zero-order valence-electron chi connectivity index (χ0n) is 9.68. The number of fused-ring (bicyclic) bond motifs is 1. The molecule has 0 saturated heterocycles. The van der Waals surface area contributed by atoms with Gasteiger partial charge in [0.1, 0.15) is 5.03 Å². The fourth-order valence-electron chi connectivity index (χ4n) is 1.55. The molecular weight excluding hydrogens is 282 g/mol. The highest BCUT2D eigenvalue weighted by Crippen LogP contribution is 2.24. The van der Waals surface area contributed by atoms with E-state index in [0.29, 0.717) is 16.5 Å². The maximum atomic E-state index is 10.8. The molecule has 6 nitrogen and oxygen atoms in total. The van der Waals surface area contributed by atoms with Gasteiger partial charge in [0.15, 0.2) is 11.5 Å². The lowest BCUT2D eigenvalue weighted by molar-refractivity contribution is -0.115. The molecule has 3 rings (SSSR count). The van der Waals surface area contributed by atoms with Crippen molar-refractivity contribution in [2.75, 3.05) is 5.75 Å². The highest BCUT2D eigenvalue weighted by atomic mass is 32.2. The summed E-state index contributed by atoms with van der Waals surface area (Å²) in [5, 5.41) is 15.3. The van der Waals surface area contributed by atoms with Gasteiger partial charge in [0.25, 0.3) is 0 Å². The SMILES string of the molecule is NC(=O)CSc1ccc2nnc(-c3cccs3)n2n1. The van der Waals surface area contributed by atoms with Crippen LogP contribution in [0.5, 0.6) is 0 Å². The Bertz CT molecular complexity index is 722. The van der Waals surface area contributed by atoms with Gasteiger partial charge >= 0.3 is 0 Å². The first-order valence-corrected chi connectivity index (χ1v) is 7.28. The van der Waals surface area contributed by atoms with Crippen molar-refractivity contribution < 1.29 is 4.79 Å². The first-order valence-electron chi connectivity index (χ1n) is 5.41. The van der Waals surface area contributed by atoms with Crippen molar-refractivity contribution in [2.45, 2.75) is 5.03 Å². The zero-order chi connectivity index (χ0) is 13.2. The molecule has 0 unspecified atom stereocenters. The van der Waals surface area contributed by atoms with Crippen LogP contribution in [-0.2, 0) is 4.79 Å². The monoisotopic (exact) mass is 291 g/mol. The molecule has 0 saturated carbocycles. The minimum Gasteiger partial charge on any atom is -0.369 e. The Morgan fingerprint density at radius 3 is 3.00 bits per heavy atom. The molecule has 3 aromatic heterocycles. The van der Waals surface area contributed by atoms with E-state index < -0.39 is 0 Å². The van der Waals surface area contributed by atoms with Crippen LogP contribution in [-0.4, -0.2) is 31.5 Å². The van der Waals surface area contributed by atoms with Crippen LogP contribution in [0.1, 0.15) is 0 Å². The van der Waals surface area contributed by atoms with Crippen LogP contribution in [0.25, 0.3) is 16.3 Å². The molecular formula is C11H9N5OS2. The van der Waals surface area contributed by atoms with E-state index in [0.717, 1.165) is 4.88 Å². The van der Waals surface area contributed by atoms with E-state index in [1.807, 2.05) is 23.6 Å².